The molecule has 0 aliphatic carbocycles. The number of hydrogen-bond acceptors (Lipinski definition) is 5. The first-order valence-electron chi connectivity index (χ1n) is 5.91. The van der Waals surface area contributed by atoms with Crippen LogP contribution in [0.3, 0.4) is 0 Å². The highest BCUT2D eigenvalue weighted by Gasteiger charge is 2.02. The second kappa shape index (κ2) is 6.68. The third-order valence-corrected chi connectivity index (χ3v) is 3.08. The number of amidine groups is 1. The number of rotatable bonds is 2. The quantitative estimate of drug-likeness (QED) is 0.397. The fourth-order valence-corrected chi connectivity index (χ4v) is 1.99. The van der Waals surface area contributed by atoms with Gasteiger partial charge < -0.3 is 0 Å². The molecule has 0 unspecified atom stereocenters. The van der Waals surface area contributed by atoms with Gasteiger partial charge in [-0.2, -0.15) is 5.26 Å². The second-order valence-electron chi connectivity index (χ2n) is 3.90. The molecular weight excluding hydrogens is 270 g/mol. The van der Waals surface area contributed by atoms with E-state index >= 15 is 0 Å². The summed E-state index contributed by atoms with van der Waals surface area (Å²) in [6.45, 7) is 1.86. The predicted octanol–water partition coefficient (Wildman–Crippen LogP) is 2.87. The Hall–Kier alpha value is -2.39. The molecule has 0 aliphatic heterocycles. The van der Waals surface area contributed by atoms with Crippen molar-refractivity contribution in [1.82, 2.24) is 15.3 Å². The molecule has 0 fully saturated rings. The molecule has 20 heavy (non-hydrogen) atoms. The molecule has 1 heterocycles. The fraction of sp³-hybridized carbons (Fsp3) is 0.143. The number of aromatic nitrogens is 2. The van der Waals surface area contributed by atoms with Crippen molar-refractivity contribution in [2.45, 2.75) is 6.92 Å². The zero-order chi connectivity index (χ0) is 14.4. The molecule has 1 aromatic carbocycles. The van der Waals surface area contributed by atoms with Crippen LogP contribution in [0.15, 0.2) is 41.5 Å². The average Bonchev–Trinajstić information content (AvgIpc) is 2.47. The summed E-state index contributed by atoms with van der Waals surface area (Å²) in [4.78, 5) is 12.9. The molecule has 0 saturated carbocycles. The van der Waals surface area contributed by atoms with Gasteiger partial charge >= 0.3 is 0 Å². The third-order valence-electron chi connectivity index (χ3n) is 2.50. The first-order chi connectivity index (χ1) is 9.72. The lowest BCUT2D eigenvalue weighted by Gasteiger charge is -2.04. The van der Waals surface area contributed by atoms with E-state index in [9.17, 15) is 0 Å². The molecular formula is C14H13N5S. The van der Waals surface area contributed by atoms with Gasteiger partial charge in [-0.15, -0.1) is 0 Å². The number of benzene rings is 1. The summed E-state index contributed by atoms with van der Waals surface area (Å²) in [5.41, 5.74) is 2.59. The number of thioether (sulfide) groups is 1. The number of nitrogens with zero attached hydrogens (tertiary/aromatic N) is 4. The standard InChI is InChI=1S/C14H13N5S/c1-10-16-7-6-13(18-10)11-4-3-5-12(8-11)19-14(20-2)17-9-15/h3-8H,1-2H3,(H,17,19). The van der Waals surface area contributed by atoms with Crippen molar-refractivity contribution in [2.24, 2.45) is 4.99 Å². The van der Waals surface area contributed by atoms with Crippen molar-refractivity contribution < 1.29 is 0 Å². The molecule has 2 aromatic rings. The highest BCUT2D eigenvalue weighted by Crippen LogP contribution is 2.23. The first kappa shape index (κ1) is 14.0. The number of hydrogen-bond donors (Lipinski definition) is 1. The van der Waals surface area contributed by atoms with Crippen LogP contribution in [0, 0.1) is 18.4 Å². The van der Waals surface area contributed by atoms with Gasteiger partial charge in [0.05, 0.1) is 11.4 Å². The van der Waals surface area contributed by atoms with E-state index < -0.39 is 0 Å². The molecule has 6 heteroatoms. The van der Waals surface area contributed by atoms with Crippen LogP contribution in [0.25, 0.3) is 11.3 Å². The monoisotopic (exact) mass is 283 g/mol. The molecule has 5 nitrogen and oxygen atoms in total. The lowest BCUT2D eigenvalue weighted by molar-refractivity contribution is 1.06. The van der Waals surface area contributed by atoms with Gasteiger partial charge in [-0.05, 0) is 31.4 Å². The number of nitrogens with one attached hydrogen (secondary N) is 1. The zero-order valence-corrected chi connectivity index (χ0v) is 12.0. The number of aliphatic imine (C=N–C) groups is 1. The summed E-state index contributed by atoms with van der Waals surface area (Å²) in [5.74, 6) is 0.729. The van der Waals surface area contributed by atoms with E-state index in [4.69, 9.17) is 5.26 Å². The Bertz CT molecular complexity index is 675. The van der Waals surface area contributed by atoms with Gasteiger partial charge in [0.15, 0.2) is 11.4 Å². The van der Waals surface area contributed by atoms with Gasteiger partial charge in [0.2, 0.25) is 0 Å². The Kier molecular flexibility index (Phi) is 4.69. The summed E-state index contributed by atoms with van der Waals surface area (Å²) in [5, 5.41) is 11.7. The Balaban J connectivity index is 2.36. The van der Waals surface area contributed by atoms with E-state index in [1.807, 2.05) is 49.7 Å². The molecule has 2 rings (SSSR count). The van der Waals surface area contributed by atoms with Crippen LogP contribution in [0.5, 0.6) is 0 Å². The molecule has 0 radical (unpaired) electrons. The van der Waals surface area contributed by atoms with Crippen LogP contribution >= 0.6 is 11.8 Å². The maximum Gasteiger partial charge on any atom is 0.183 e. The number of aryl methyl sites for hydroxylation is 1. The lowest BCUT2D eigenvalue weighted by atomic mass is 10.1. The Morgan fingerprint density at radius 3 is 2.95 bits per heavy atom. The molecule has 0 amide bonds. The van der Waals surface area contributed by atoms with Gasteiger partial charge in [-0.1, -0.05) is 23.9 Å². The highest BCUT2D eigenvalue weighted by atomic mass is 32.2. The summed E-state index contributed by atoms with van der Waals surface area (Å²) < 4.78 is 0. The van der Waals surface area contributed by atoms with E-state index in [0.717, 1.165) is 22.8 Å². The van der Waals surface area contributed by atoms with Crippen LogP contribution in [-0.4, -0.2) is 21.4 Å². The van der Waals surface area contributed by atoms with Crippen LogP contribution in [0.2, 0.25) is 0 Å². The SMILES string of the molecule is CSC(=Nc1cccc(-c2ccnc(C)n2)c1)NC#N. The summed E-state index contributed by atoms with van der Waals surface area (Å²) >= 11 is 1.38. The van der Waals surface area contributed by atoms with Crippen molar-refractivity contribution in [3.63, 3.8) is 0 Å². The largest absolute Gasteiger partial charge is 0.271 e. The second-order valence-corrected chi connectivity index (χ2v) is 4.69. The van der Waals surface area contributed by atoms with Crippen molar-refractivity contribution in [3.05, 3.63) is 42.4 Å². The van der Waals surface area contributed by atoms with Gasteiger partial charge in [0, 0.05) is 11.8 Å². The average molecular weight is 283 g/mol. The molecule has 0 spiro atoms. The van der Waals surface area contributed by atoms with Crippen LogP contribution in [0.1, 0.15) is 5.82 Å². The van der Waals surface area contributed by atoms with E-state index in [0.29, 0.717) is 5.17 Å². The van der Waals surface area contributed by atoms with E-state index in [-0.39, 0.29) is 0 Å². The minimum atomic E-state index is 0.559. The topological polar surface area (TPSA) is 74.0 Å². The van der Waals surface area contributed by atoms with Gasteiger partial charge in [0.25, 0.3) is 0 Å². The third kappa shape index (κ3) is 3.56. The molecule has 0 saturated heterocycles. The predicted molar refractivity (Wildman–Crippen MR) is 81.6 cm³/mol. The van der Waals surface area contributed by atoms with Crippen LogP contribution in [-0.2, 0) is 0 Å². The van der Waals surface area contributed by atoms with E-state index in [2.05, 4.69) is 20.3 Å². The summed E-state index contributed by atoms with van der Waals surface area (Å²) in [6, 6.07) is 9.55. The Labute approximate surface area is 121 Å². The highest BCUT2D eigenvalue weighted by molar-refractivity contribution is 8.13. The Morgan fingerprint density at radius 1 is 1.40 bits per heavy atom. The maximum absolute atomic E-state index is 8.64. The summed E-state index contributed by atoms with van der Waals surface area (Å²) in [6.07, 6.45) is 5.47. The van der Waals surface area contributed by atoms with Crippen molar-refractivity contribution in [3.8, 4) is 17.5 Å². The lowest BCUT2D eigenvalue weighted by Crippen LogP contribution is -2.12. The fourth-order valence-electron chi connectivity index (χ4n) is 1.64. The van der Waals surface area contributed by atoms with Crippen molar-refractivity contribution in [2.75, 3.05) is 6.26 Å². The van der Waals surface area contributed by atoms with E-state index in [1.54, 1.807) is 6.20 Å². The van der Waals surface area contributed by atoms with Crippen LogP contribution < -0.4 is 5.32 Å². The van der Waals surface area contributed by atoms with Gasteiger partial charge in [-0.3, -0.25) is 5.32 Å². The molecule has 0 aliphatic rings. The molecule has 0 atom stereocenters. The normalized spacial score (nSPS) is 10.9. The molecule has 0 bridgehead atoms. The van der Waals surface area contributed by atoms with E-state index in [1.165, 1.54) is 11.8 Å². The zero-order valence-electron chi connectivity index (χ0n) is 11.2. The Morgan fingerprint density at radius 2 is 2.25 bits per heavy atom. The maximum atomic E-state index is 8.64. The minimum Gasteiger partial charge on any atom is -0.271 e. The summed E-state index contributed by atoms with van der Waals surface area (Å²) in [7, 11) is 0. The van der Waals surface area contributed by atoms with Crippen molar-refractivity contribution in [1.29, 1.82) is 5.26 Å². The number of nitriles is 1. The van der Waals surface area contributed by atoms with Gasteiger partial charge in [0.1, 0.15) is 5.82 Å². The molecule has 1 N–H and O–H groups in total. The first-order valence-corrected chi connectivity index (χ1v) is 7.13. The minimum absolute atomic E-state index is 0.559. The smallest absolute Gasteiger partial charge is 0.183 e. The van der Waals surface area contributed by atoms with Gasteiger partial charge in [-0.25, -0.2) is 15.0 Å². The van der Waals surface area contributed by atoms with Crippen LogP contribution in [0.4, 0.5) is 5.69 Å². The van der Waals surface area contributed by atoms with Crippen molar-refractivity contribution >= 4 is 22.6 Å². The molecule has 1 aromatic heterocycles. The molecule has 100 valence electrons.